The van der Waals surface area contributed by atoms with Gasteiger partial charge in [0.15, 0.2) is 0 Å². The number of aliphatic hydroxyl groups excluding tert-OH is 1. The van der Waals surface area contributed by atoms with Crippen molar-refractivity contribution in [3.05, 3.63) is 64.9 Å². The molecule has 1 amide bonds. The number of halogens is 2. The third-order valence-corrected chi connectivity index (χ3v) is 3.40. The van der Waals surface area contributed by atoms with Crippen molar-refractivity contribution in [1.82, 2.24) is 5.32 Å². The molecule has 0 unspecified atom stereocenters. The van der Waals surface area contributed by atoms with Gasteiger partial charge in [-0.1, -0.05) is 35.9 Å². The fraction of sp³-hybridized carbons (Fsp3) is 0.188. The van der Waals surface area contributed by atoms with Crippen LogP contribution in [0.15, 0.2) is 48.5 Å². The number of hydrogen-bond acceptors (Lipinski definition) is 3. The van der Waals surface area contributed by atoms with E-state index in [1.165, 1.54) is 12.1 Å². The third-order valence-electron chi connectivity index (χ3n) is 3.10. The standard InChI is InChI=1S/C16H16ClFN2O2/c17-13-7-6-11(8-14(13)18)15(10-21)19-9-16(22)20-12-4-2-1-3-5-12/h1-8,15,19,21H,9-10H2,(H,20,22)/t15-/m0/s1. The van der Waals surface area contributed by atoms with Crippen LogP contribution in [0.25, 0.3) is 0 Å². The molecule has 0 saturated heterocycles. The van der Waals surface area contributed by atoms with Gasteiger partial charge in [0.05, 0.1) is 24.2 Å². The van der Waals surface area contributed by atoms with Gasteiger partial charge in [0.25, 0.3) is 0 Å². The van der Waals surface area contributed by atoms with Crippen LogP contribution < -0.4 is 10.6 Å². The van der Waals surface area contributed by atoms with Crippen molar-refractivity contribution in [2.24, 2.45) is 0 Å². The van der Waals surface area contributed by atoms with Crippen LogP contribution in [0.4, 0.5) is 10.1 Å². The average molecular weight is 323 g/mol. The first-order chi connectivity index (χ1) is 10.6. The van der Waals surface area contributed by atoms with Crippen molar-refractivity contribution in [2.45, 2.75) is 6.04 Å². The van der Waals surface area contributed by atoms with Gasteiger partial charge in [0.1, 0.15) is 5.82 Å². The van der Waals surface area contributed by atoms with Crippen molar-refractivity contribution >= 4 is 23.2 Å². The van der Waals surface area contributed by atoms with Gasteiger partial charge in [-0.15, -0.1) is 0 Å². The molecule has 2 aromatic carbocycles. The summed E-state index contributed by atoms with van der Waals surface area (Å²) < 4.78 is 13.4. The fourth-order valence-corrected chi connectivity index (χ4v) is 2.08. The number of benzene rings is 2. The minimum absolute atomic E-state index is 0.00956. The maximum Gasteiger partial charge on any atom is 0.238 e. The summed E-state index contributed by atoms with van der Waals surface area (Å²) in [6, 6.07) is 12.7. The molecule has 116 valence electrons. The molecule has 0 aliphatic carbocycles. The topological polar surface area (TPSA) is 61.4 Å². The Labute approximate surface area is 132 Å². The van der Waals surface area contributed by atoms with Gasteiger partial charge in [-0.05, 0) is 29.8 Å². The first-order valence-corrected chi connectivity index (χ1v) is 7.12. The zero-order valence-electron chi connectivity index (χ0n) is 11.7. The molecule has 0 aromatic heterocycles. The lowest BCUT2D eigenvalue weighted by Crippen LogP contribution is -2.33. The van der Waals surface area contributed by atoms with E-state index in [0.717, 1.165) is 0 Å². The van der Waals surface area contributed by atoms with Crippen LogP contribution >= 0.6 is 11.6 Å². The molecule has 0 bridgehead atoms. The summed E-state index contributed by atoms with van der Waals surface area (Å²) in [5.74, 6) is -0.813. The predicted octanol–water partition coefficient (Wildman–Crippen LogP) is 2.74. The van der Waals surface area contributed by atoms with E-state index in [4.69, 9.17) is 11.6 Å². The highest BCUT2D eigenvalue weighted by molar-refractivity contribution is 6.30. The number of hydrogen-bond donors (Lipinski definition) is 3. The molecule has 6 heteroatoms. The Kier molecular flexibility index (Phi) is 5.89. The van der Waals surface area contributed by atoms with Gasteiger partial charge < -0.3 is 10.4 Å². The Morgan fingerprint density at radius 1 is 1.23 bits per heavy atom. The second kappa shape index (κ2) is 7.89. The van der Waals surface area contributed by atoms with E-state index < -0.39 is 11.9 Å². The Morgan fingerprint density at radius 2 is 1.95 bits per heavy atom. The molecular weight excluding hydrogens is 307 g/mol. The van der Waals surface area contributed by atoms with Crippen molar-refractivity contribution in [3.63, 3.8) is 0 Å². The monoisotopic (exact) mass is 322 g/mol. The molecular formula is C16H16ClFN2O2. The molecule has 1 atom stereocenters. The summed E-state index contributed by atoms with van der Waals surface area (Å²) in [5.41, 5.74) is 1.21. The number of carbonyl (C=O) groups excluding carboxylic acids is 1. The van der Waals surface area contributed by atoms with Crippen LogP contribution in [-0.4, -0.2) is 24.2 Å². The number of para-hydroxylation sites is 1. The normalized spacial score (nSPS) is 12.0. The summed E-state index contributed by atoms with van der Waals surface area (Å²) >= 11 is 5.62. The van der Waals surface area contributed by atoms with Gasteiger partial charge in [0, 0.05) is 5.69 Å². The zero-order valence-corrected chi connectivity index (χ0v) is 12.5. The van der Waals surface area contributed by atoms with Gasteiger partial charge in [-0.2, -0.15) is 0 Å². The van der Waals surface area contributed by atoms with Gasteiger partial charge in [-0.3, -0.25) is 10.1 Å². The highest BCUT2D eigenvalue weighted by Gasteiger charge is 2.13. The number of nitrogens with one attached hydrogen (secondary N) is 2. The highest BCUT2D eigenvalue weighted by atomic mass is 35.5. The second-order valence-electron chi connectivity index (χ2n) is 4.70. The van der Waals surface area contributed by atoms with Crippen LogP contribution in [0.1, 0.15) is 11.6 Å². The van der Waals surface area contributed by atoms with Crippen LogP contribution in [0.3, 0.4) is 0 Å². The number of carbonyl (C=O) groups is 1. The van der Waals surface area contributed by atoms with E-state index in [9.17, 15) is 14.3 Å². The number of aliphatic hydroxyl groups is 1. The summed E-state index contributed by atoms with van der Waals surface area (Å²) in [7, 11) is 0. The van der Waals surface area contributed by atoms with Gasteiger partial charge >= 0.3 is 0 Å². The molecule has 0 heterocycles. The predicted molar refractivity (Wildman–Crippen MR) is 84.3 cm³/mol. The maximum absolute atomic E-state index is 13.4. The van der Waals surface area contributed by atoms with Crippen LogP contribution in [0.2, 0.25) is 5.02 Å². The Hall–Kier alpha value is -1.95. The molecule has 0 aliphatic heterocycles. The SMILES string of the molecule is O=C(CN[C@@H](CO)c1ccc(Cl)c(F)c1)Nc1ccccc1. The van der Waals surface area contributed by atoms with E-state index in [1.54, 1.807) is 18.2 Å². The van der Waals surface area contributed by atoms with E-state index in [0.29, 0.717) is 11.3 Å². The molecule has 0 aliphatic rings. The lowest BCUT2D eigenvalue weighted by molar-refractivity contribution is -0.115. The third kappa shape index (κ3) is 4.53. The largest absolute Gasteiger partial charge is 0.394 e. The van der Waals surface area contributed by atoms with E-state index >= 15 is 0 Å². The smallest absolute Gasteiger partial charge is 0.238 e. The molecule has 22 heavy (non-hydrogen) atoms. The van der Waals surface area contributed by atoms with E-state index in [1.807, 2.05) is 18.2 Å². The van der Waals surface area contributed by atoms with Gasteiger partial charge in [0.2, 0.25) is 5.91 Å². The molecule has 0 saturated carbocycles. The summed E-state index contributed by atoms with van der Waals surface area (Å²) in [4.78, 5) is 11.8. The molecule has 0 spiro atoms. The lowest BCUT2D eigenvalue weighted by Gasteiger charge is -2.17. The number of rotatable bonds is 6. The molecule has 3 N–H and O–H groups in total. The summed E-state index contributed by atoms with van der Waals surface area (Å²) in [6.07, 6.45) is 0. The van der Waals surface area contributed by atoms with Crippen LogP contribution in [0, 0.1) is 5.82 Å². The van der Waals surface area contributed by atoms with E-state index in [-0.39, 0.29) is 24.1 Å². The fourth-order valence-electron chi connectivity index (χ4n) is 1.96. The Bertz CT molecular complexity index is 637. The first-order valence-electron chi connectivity index (χ1n) is 6.74. The number of amides is 1. The number of anilines is 1. The van der Waals surface area contributed by atoms with Crippen molar-refractivity contribution in [3.8, 4) is 0 Å². The van der Waals surface area contributed by atoms with Crippen molar-refractivity contribution < 1.29 is 14.3 Å². The highest BCUT2D eigenvalue weighted by Crippen LogP contribution is 2.20. The Morgan fingerprint density at radius 3 is 2.59 bits per heavy atom. The minimum atomic E-state index is -0.562. The van der Waals surface area contributed by atoms with Gasteiger partial charge in [-0.25, -0.2) is 4.39 Å². The quantitative estimate of drug-likeness (QED) is 0.766. The Balaban J connectivity index is 1.93. The maximum atomic E-state index is 13.4. The minimum Gasteiger partial charge on any atom is -0.394 e. The lowest BCUT2D eigenvalue weighted by atomic mass is 10.1. The molecule has 0 radical (unpaired) electrons. The molecule has 4 nitrogen and oxygen atoms in total. The van der Waals surface area contributed by atoms with Crippen molar-refractivity contribution in [2.75, 3.05) is 18.5 Å². The average Bonchev–Trinajstić information content (AvgIpc) is 2.52. The summed E-state index contributed by atoms with van der Waals surface area (Å²) in [5, 5.41) is 15.0. The molecule has 2 aromatic rings. The first kappa shape index (κ1) is 16.4. The van der Waals surface area contributed by atoms with E-state index in [2.05, 4.69) is 10.6 Å². The summed E-state index contributed by atoms with van der Waals surface area (Å²) in [6.45, 7) is -0.274. The van der Waals surface area contributed by atoms with Crippen LogP contribution in [-0.2, 0) is 4.79 Å². The van der Waals surface area contributed by atoms with Crippen molar-refractivity contribution in [1.29, 1.82) is 0 Å². The second-order valence-corrected chi connectivity index (χ2v) is 5.11. The molecule has 2 rings (SSSR count). The van der Waals surface area contributed by atoms with Crippen LogP contribution in [0.5, 0.6) is 0 Å². The zero-order chi connectivity index (χ0) is 15.9. The molecule has 0 fully saturated rings.